The van der Waals surface area contributed by atoms with E-state index < -0.39 is 6.04 Å². The average molecular weight is 649 g/mol. The fourth-order valence-corrected chi connectivity index (χ4v) is 6.75. The molecule has 10 nitrogen and oxygen atoms in total. The van der Waals surface area contributed by atoms with Crippen molar-refractivity contribution in [3.63, 3.8) is 0 Å². The maximum atomic E-state index is 13.4. The Morgan fingerprint density at radius 1 is 0.714 bits per heavy atom. The highest BCUT2D eigenvalue weighted by molar-refractivity contribution is 6.02. The molecule has 0 saturated carbocycles. The van der Waals surface area contributed by atoms with E-state index in [9.17, 15) is 9.59 Å². The van der Waals surface area contributed by atoms with E-state index in [1.54, 1.807) is 0 Å². The first-order chi connectivity index (χ1) is 23.9. The number of amides is 2. The Bertz CT molecular complexity index is 2170. The van der Waals surface area contributed by atoms with E-state index in [2.05, 4.69) is 51.5 Å². The Labute approximate surface area is 284 Å². The molecule has 10 heteroatoms. The third kappa shape index (κ3) is 5.93. The van der Waals surface area contributed by atoms with Crippen molar-refractivity contribution >= 4 is 34.6 Å². The van der Waals surface area contributed by atoms with Crippen molar-refractivity contribution in [2.75, 3.05) is 21.3 Å². The van der Waals surface area contributed by atoms with Gasteiger partial charge in [0.05, 0.1) is 59.3 Å². The summed E-state index contributed by atoms with van der Waals surface area (Å²) < 4.78 is 3.80. The number of carbonyl (C=O) groups excluding carboxylic acids is 2. The molecule has 0 unspecified atom stereocenters. The van der Waals surface area contributed by atoms with Gasteiger partial charge in [-0.25, -0.2) is 4.68 Å². The van der Waals surface area contributed by atoms with Gasteiger partial charge in [0.25, 0.3) is 0 Å². The first-order valence-corrected chi connectivity index (χ1v) is 16.5. The van der Waals surface area contributed by atoms with Gasteiger partial charge in [0.1, 0.15) is 0 Å². The van der Waals surface area contributed by atoms with Crippen molar-refractivity contribution in [2.45, 2.75) is 44.8 Å². The zero-order valence-electron chi connectivity index (χ0n) is 27.2. The molecule has 3 atom stereocenters. The van der Waals surface area contributed by atoms with Crippen LogP contribution < -0.4 is 21.3 Å². The fourth-order valence-electron chi connectivity index (χ4n) is 6.75. The van der Waals surface area contributed by atoms with Crippen molar-refractivity contribution in [1.82, 2.24) is 19.6 Å². The van der Waals surface area contributed by atoms with Crippen LogP contribution in [0.3, 0.4) is 0 Å². The molecule has 8 rings (SSSR count). The second kappa shape index (κ2) is 12.5. The Kier molecular flexibility index (Phi) is 7.68. The molecule has 2 aliphatic heterocycles. The fraction of sp³-hybridized carbons (Fsp3) is 0.179. The highest BCUT2D eigenvalue weighted by Crippen LogP contribution is 2.44. The lowest BCUT2D eigenvalue weighted by Gasteiger charge is -2.23. The lowest BCUT2D eigenvalue weighted by Crippen LogP contribution is -2.19. The normalized spacial score (nSPS) is 17.7. The summed E-state index contributed by atoms with van der Waals surface area (Å²) in [4.78, 5) is 26.4. The molecule has 4 heterocycles. The Hall–Kier alpha value is -6.16. The van der Waals surface area contributed by atoms with Crippen LogP contribution in [0, 0.1) is 0 Å². The standard InChI is InChI=1S/C39H36N8O2/c1-24-16-36(48)44-35-18-27(17-32(39(35)42-24)29-21-41-47(23-29)30-12-7-4-8-13-30)34-19-37(49)43-33-15-9-14-31(38(33)45-34)28-20-40-46(22-28)25(2)26-10-5-3-6-11-26/h3-15,17-18,20-25,34,42,45H,16,19H2,1-2H3,(H,43,49)(H,44,48)/t24-,25-,34+/m1/s1. The molecule has 2 aromatic heterocycles. The first-order valence-electron chi connectivity index (χ1n) is 16.5. The molecule has 0 aliphatic carbocycles. The maximum absolute atomic E-state index is 13.4. The van der Waals surface area contributed by atoms with Crippen molar-refractivity contribution in [3.05, 3.63) is 127 Å². The molecule has 244 valence electrons. The Balaban J connectivity index is 1.20. The molecule has 0 fully saturated rings. The highest BCUT2D eigenvalue weighted by atomic mass is 16.2. The molecule has 2 aliphatic rings. The van der Waals surface area contributed by atoms with E-state index >= 15 is 0 Å². The summed E-state index contributed by atoms with van der Waals surface area (Å²) in [6.45, 7) is 4.12. The molecular formula is C39H36N8O2. The van der Waals surface area contributed by atoms with Crippen LogP contribution in [0.2, 0.25) is 0 Å². The molecular weight excluding hydrogens is 612 g/mol. The molecule has 4 aromatic carbocycles. The van der Waals surface area contributed by atoms with Crippen LogP contribution in [0.1, 0.15) is 49.9 Å². The number of para-hydroxylation sites is 2. The molecule has 0 radical (unpaired) electrons. The summed E-state index contributed by atoms with van der Waals surface area (Å²) in [5.41, 5.74) is 9.63. The number of nitrogens with zero attached hydrogens (tertiary/aromatic N) is 4. The summed E-state index contributed by atoms with van der Waals surface area (Å²) in [5, 5.41) is 22.9. The third-order valence-electron chi connectivity index (χ3n) is 9.27. The van der Waals surface area contributed by atoms with Gasteiger partial charge in [-0.1, -0.05) is 60.7 Å². The number of anilines is 4. The number of aromatic nitrogens is 4. The second-order valence-electron chi connectivity index (χ2n) is 12.8. The number of nitrogens with one attached hydrogen (secondary N) is 4. The van der Waals surface area contributed by atoms with Gasteiger partial charge in [0, 0.05) is 47.1 Å². The van der Waals surface area contributed by atoms with Gasteiger partial charge >= 0.3 is 0 Å². The van der Waals surface area contributed by atoms with Crippen LogP contribution in [-0.4, -0.2) is 37.4 Å². The topological polar surface area (TPSA) is 118 Å². The number of fused-ring (bicyclic) bond motifs is 2. The van der Waals surface area contributed by atoms with Crippen LogP contribution in [0.5, 0.6) is 0 Å². The van der Waals surface area contributed by atoms with Gasteiger partial charge in [-0.2, -0.15) is 10.2 Å². The van der Waals surface area contributed by atoms with Gasteiger partial charge in [0.2, 0.25) is 11.8 Å². The zero-order valence-corrected chi connectivity index (χ0v) is 27.2. The first kappa shape index (κ1) is 30.2. The maximum Gasteiger partial charge on any atom is 0.226 e. The highest BCUT2D eigenvalue weighted by Gasteiger charge is 2.29. The average Bonchev–Trinajstić information content (AvgIpc) is 3.74. The Morgan fingerprint density at radius 3 is 2.22 bits per heavy atom. The number of hydrogen-bond acceptors (Lipinski definition) is 6. The van der Waals surface area contributed by atoms with E-state index in [1.807, 2.05) is 114 Å². The molecule has 0 spiro atoms. The molecule has 0 bridgehead atoms. The molecule has 0 saturated heterocycles. The quantitative estimate of drug-likeness (QED) is 0.147. The van der Waals surface area contributed by atoms with E-state index in [0.29, 0.717) is 17.8 Å². The molecule has 2 amide bonds. The van der Waals surface area contributed by atoms with E-state index in [4.69, 9.17) is 5.10 Å². The van der Waals surface area contributed by atoms with Gasteiger partial charge in [-0.3, -0.25) is 14.3 Å². The van der Waals surface area contributed by atoms with Crippen LogP contribution in [-0.2, 0) is 9.59 Å². The van der Waals surface area contributed by atoms with Crippen LogP contribution in [0.25, 0.3) is 27.9 Å². The minimum absolute atomic E-state index is 0.0495. The molecule has 49 heavy (non-hydrogen) atoms. The number of carbonyl (C=O) groups is 2. The van der Waals surface area contributed by atoms with Crippen molar-refractivity contribution in [3.8, 4) is 27.9 Å². The van der Waals surface area contributed by atoms with E-state index in [0.717, 1.165) is 44.9 Å². The molecule has 4 N–H and O–H groups in total. The SMILES string of the molecule is C[C@@H]1CC(=O)Nc2cc([C@@H]3CC(=O)Nc4cccc(-c5cnn([C@H](C)c6ccccc6)c5)c4N3)cc(-c3cnn(-c4ccccc4)c3)c2N1. The second-order valence-corrected chi connectivity index (χ2v) is 12.8. The monoisotopic (exact) mass is 648 g/mol. The summed E-state index contributed by atoms with van der Waals surface area (Å²) in [6.07, 6.45) is 8.26. The lowest BCUT2D eigenvalue weighted by atomic mass is 9.95. The third-order valence-corrected chi connectivity index (χ3v) is 9.27. The van der Waals surface area contributed by atoms with E-state index in [-0.39, 0.29) is 30.3 Å². The van der Waals surface area contributed by atoms with Gasteiger partial charge < -0.3 is 21.3 Å². The lowest BCUT2D eigenvalue weighted by molar-refractivity contribution is -0.117. The van der Waals surface area contributed by atoms with Gasteiger partial charge in [-0.15, -0.1) is 0 Å². The number of benzene rings is 4. The van der Waals surface area contributed by atoms with Crippen molar-refractivity contribution in [1.29, 1.82) is 0 Å². The number of rotatable bonds is 6. The van der Waals surface area contributed by atoms with Gasteiger partial charge in [0.15, 0.2) is 0 Å². The summed E-state index contributed by atoms with van der Waals surface area (Å²) in [6, 6.07) is 29.8. The smallest absolute Gasteiger partial charge is 0.226 e. The summed E-state index contributed by atoms with van der Waals surface area (Å²) in [7, 11) is 0. The predicted molar refractivity (Wildman–Crippen MR) is 193 cm³/mol. The predicted octanol–water partition coefficient (Wildman–Crippen LogP) is 7.65. The Morgan fingerprint density at radius 2 is 1.41 bits per heavy atom. The zero-order chi connectivity index (χ0) is 33.5. The van der Waals surface area contributed by atoms with Gasteiger partial charge in [-0.05, 0) is 55.3 Å². The minimum atomic E-state index is -0.397. The van der Waals surface area contributed by atoms with E-state index in [1.165, 1.54) is 5.56 Å². The van der Waals surface area contributed by atoms with Crippen LogP contribution in [0.4, 0.5) is 22.7 Å². The minimum Gasteiger partial charge on any atom is -0.380 e. The molecule has 6 aromatic rings. The van der Waals surface area contributed by atoms with Crippen LogP contribution >= 0.6 is 0 Å². The van der Waals surface area contributed by atoms with Crippen LogP contribution in [0.15, 0.2) is 116 Å². The largest absolute Gasteiger partial charge is 0.380 e. The van der Waals surface area contributed by atoms with Crippen molar-refractivity contribution < 1.29 is 9.59 Å². The summed E-state index contributed by atoms with van der Waals surface area (Å²) >= 11 is 0. The summed E-state index contributed by atoms with van der Waals surface area (Å²) in [5.74, 6) is -0.172. The number of hydrogen-bond donors (Lipinski definition) is 4. The van der Waals surface area contributed by atoms with Crippen molar-refractivity contribution in [2.24, 2.45) is 0 Å².